The highest BCUT2D eigenvalue weighted by atomic mass is 16.5. The summed E-state index contributed by atoms with van der Waals surface area (Å²) in [6.07, 6.45) is 3.49. The van der Waals surface area contributed by atoms with Crippen LogP contribution in [0, 0.1) is 0 Å². The molecule has 0 radical (unpaired) electrons. The normalized spacial score (nSPS) is 12.1. The van der Waals surface area contributed by atoms with Crippen LogP contribution in [0.4, 0.5) is 0 Å². The maximum atomic E-state index is 5.18. The van der Waals surface area contributed by atoms with Crippen molar-refractivity contribution in [1.82, 2.24) is 0 Å². The highest BCUT2D eigenvalue weighted by Gasteiger charge is 2.05. The van der Waals surface area contributed by atoms with E-state index in [0.29, 0.717) is 6.04 Å². The van der Waals surface area contributed by atoms with Crippen molar-refractivity contribution in [2.75, 3.05) is 13.7 Å². The van der Waals surface area contributed by atoms with E-state index < -0.39 is 0 Å². The largest absolute Gasteiger partial charge is 0.497 e. The Morgan fingerprint density at radius 1 is 0.905 bits per heavy atom. The smallest absolute Gasteiger partial charge is 0.118 e. The van der Waals surface area contributed by atoms with Gasteiger partial charge in [-0.2, -0.15) is 0 Å². The van der Waals surface area contributed by atoms with Gasteiger partial charge in [0.15, 0.2) is 0 Å². The van der Waals surface area contributed by atoms with Crippen molar-refractivity contribution in [3.63, 3.8) is 0 Å². The van der Waals surface area contributed by atoms with Gasteiger partial charge in [0.05, 0.1) is 19.7 Å². The highest BCUT2D eigenvalue weighted by Crippen LogP contribution is 2.12. The van der Waals surface area contributed by atoms with Crippen molar-refractivity contribution in [3.8, 4) is 5.75 Å². The van der Waals surface area contributed by atoms with Crippen LogP contribution >= 0.6 is 0 Å². The van der Waals surface area contributed by atoms with Crippen molar-refractivity contribution in [3.05, 3.63) is 65.7 Å². The van der Waals surface area contributed by atoms with E-state index in [1.165, 1.54) is 17.5 Å². The molecule has 0 saturated carbocycles. The van der Waals surface area contributed by atoms with Crippen LogP contribution in [-0.2, 0) is 12.8 Å². The third kappa shape index (κ3) is 5.60. The molecule has 2 heteroatoms. The third-order valence-electron chi connectivity index (χ3n) is 3.89. The molecule has 0 aliphatic rings. The molecule has 2 N–H and O–H groups in total. The predicted octanol–water partition coefficient (Wildman–Crippen LogP) is 2.82. The zero-order chi connectivity index (χ0) is 14.9. The first kappa shape index (κ1) is 15.6. The number of ether oxygens (including phenoxy) is 1. The van der Waals surface area contributed by atoms with Gasteiger partial charge in [0.2, 0.25) is 0 Å². The zero-order valence-electron chi connectivity index (χ0n) is 13.1. The molecule has 0 fully saturated rings. The minimum Gasteiger partial charge on any atom is -0.497 e. The number of quaternary nitrogens is 1. The van der Waals surface area contributed by atoms with Crippen LogP contribution in [0.25, 0.3) is 0 Å². The summed E-state index contributed by atoms with van der Waals surface area (Å²) in [5, 5.41) is 2.45. The molecular formula is C19H26NO+. The maximum absolute atomic E-state index is 5.18. The molecule has 0 aromatic heterocycles. The quantitative estimate of drug-likeness (QED) is 0.792. The second kappa shape index (κ2) is 8.48. The van der Waals surface area contributed by atoms with Crippen LogP contribution in [0.15, 0.2) is 54.6 Å². The second-order valence-electron chi connectivity index (χ2n) is 5.62. The molecule has 21 heavy (non-hydrogen) atoms. The van der Waals surface area contributed by atoms with E-state index in [9.17, 15) is 0 Å². The van der Waals surface area contributed by atoms with Gasteiger partial charge in [0.1, 0.15) is 5.75 Å². The van der Waals surface area contributed by atoms with E-state index in [4.69, 9.17) is 4.74 Å². The fourth-order valence-corrected chi connectivity index (χ4v) is 2.48. The maximum Gasteiger partial charge on any atom is 0.118 e. The Bertz CT molecular complexity index is 507. The Hall–Kier alpha value is -1.80. The number of nitrogens with two attached hydrogens (primary N) is 1. The Labute approximate surface area is 128 Å². The van der Waals surface area contributed by atoms with Gasteiger partial charge in [-0.25, -0.2) is 0 Å². The molecule has 0 heterocycles. The molecule has 2 aromatic carbocycles. The predicted molar refractivity (Wildman–Crippen MR) is 87.7 cm³/mol. The Morgan fingerprint density at radius 2 is 1.57 bits per heavy atom. The molecular weight excluding hydrogens is 258 g/mol. The molecule has 0 bridgehead atoms. The van der Waals surface area contributed by atoms with Gasteiger partial charge in [0, 0.05) is 12.8 Å². The molecule has 0 unspecified atom stereocenters. The average Bonchev–Trinajstić information content (AvgIpc) is 2.54. The van der Waals surface area contributed by atoms with Crippen molar-refractivity contribution < 1.29 is 10.1 Å². The average molecular weight is 284 g/mol. The summed E-state index contributed by atoms with van der Waals surface area (Å²) in [6, 6.07) is 19.8. The second-order valence-corrected chi connectivity index (χ2v) is 5.62. The first-order valence-corrected chi connectivity index (χ1v) is 7.78. The fourth-order valence-electron chi connectivity index (χ4n) is 2.48. The summed E-state index contributed by atoms with van der Waals surface area (Å²) in [6.45, 7) is 3.47. The molecule has 1 atom stereocenters. The molecule has 112 valence electrons. The van der Waals surface area contributed by atoms with Crippen LogP contribution in [0.1, 0.15) is 24.5 Å². The van der Waals surface area contributed by atoms with E-state index in [1.807, 2.05) is 12.1 Å². The topological polar surface area (TPSA) is 25.8 Å². The summed E-state index contributed by atoms with van der Waals surface area (Å²) in [4.78, 5) is 0. The Morgan fingerprint density at radius 3 is 2.24 bits per heavy atom. The lowest BCUT2D eigenvalue weighted by Crippen LogP contribution is -2.89. The molecule has 2 rings (SSSR count). The van der Waals surface area contributed by atoms with Crippen LogP contribution in [-0.4, -0.2) is 19.7 Å². The molecule has 0 saturated heterocycles. The van der Waals surface area contributed by atoms with Crippen LogP contribution < -0.4 is 10.1 Å². The third-order valence-corrected chi connectivity index (χ3v) is 3.89. The molecule has 2 nitrogen and oxygen atoms in total. The van der Waals surface area contributed by atoms with E-state index >= 15 is 0 Å². The lowest BCUT2D eigenvalue weighted by atomic mass is 10.1. The van der Waals surface area contributed by atoms with E-state index in [0.717, 1.165) is 25.1 Å². The van der Waals surface area contributed by atoms with E-state index in [-0.39, 0.29) is 0 Å². The van der Waals surface area contributed by atoms with Gasteiger partial charge < -0.3 is 10.1 Å². The van der Waals surface area contributed by atoms with Gasteiger partial charge >= 0.3 is 0 Å². The van der Waals surface area contributed by atoms with Crippen LogP contribution in [0.5, 0.6) is 5.75 Å². The van der Waals surface area contributed by atoms with Crippen molar-refractivity contribution in [1.29, 1.82) is 0 Å². The monoisotopic (exact) mass is 284 g/mol. The van der Waals surface area contributed by atoms with Gasteiger partial charge in [0.25, 0.3) is 0 Å². The summed E-state index contributed by atoms with van der Waals surface area (Å²) >= 11 is 0. The first-order chi connectivity index (χ1) is 10.3. The lowest BCUT2D eigenvalue weighted by molar-refractivity contribution is -0.686. The summed E-state index contributed by atoms with van der Waals surface area (Å²) in [5.74, 6) is 0.932. The number of hydrogen-bond donors (Lipinski definition) is 1. The van der Waals surface area contributed by atoms with Crippen molar-refractivity contribution in [2.45, 2.75) is 32.2 Å². The van der Waals surface area contributed by atoms with Crippen LogP contribution in [0.2, 0.25) is 0 Å². The SMILES string of the molecule is COc1ccc(CC[C@H](C)[NH2+]CCc2ccccc2)cc1. The minimum absolute atomic E-state index is 0.663. The number of methoxy groups -OCH3 is 1. The van der Waals surface area contributed by atoms with E-state index in [2.05, 4.69) is 54.7 Å². The van der Waals surface area contributed by atoms with Gasteiger partial charge in [-0.05, 0) is 36.6 Å². The zero-order valence-corrected chi connectivity index (χ0v) is 13.1. The fraction of sp³-hybridized carbons (Fsp3) is 0.368. The molecule has 0 spiro atoms. The van der Waals surface area contributed by atoms with Crippen LogP contribution in [0.3, 0.4) is 0 Å². The highest BCUT2D eigenvalue weighted by molar-refractivity contribution is 5.27. The van der Waals surface area contributed by atoms with Gasteiger partial charge in [-0.1, -0.05) is 42.5 Å². The first-order valence-electron chi connectivity index (χ1n) is 7.78. The summed E-state index contributed by atoms with van der Waals surface area (Å²) in [7, 11) is 1.71. The summed E-state index contributed by atoms with van der Waals surface area (Å²) in [5.41, 5.74) is 2.82. The number of benzene rings is 2. The Balaban J connectivity index is 1.66. The Kier molecular flexibility index (Phi) is 6.29. The number of rotatable bonds is 8. The molecule has 0 amide bonds. The van der Waals surface area contributed by atoms with Gasteiger partial charge in [-0.3, -0.25) is 0 Å². The minimum atomic E-state index is 0.663. The van der Waals surface area contributed by atoms with Gasteiger partial charge in [-0.15, -0.1) is 0 Å². The summed E-state index contributed by atoms with van der Waals surface area (Å²) < 4.78 is 5.18. The number of aryl methyl sites for hydroxylation is 1. The van der Waals surface area contributed by atoms with E-state index in [1.54, 1.807) is 7.11 Å². The standard InChI is InChI=1S/C19H25NO/c1-16(20-15-14-17-6-4-3-5-7-17)8-9-18-10-12-19(21-2)13-11-18/h3-7,10-13,16,20H,8-9,14-15H2,1-2H3/p+1/t16-/m0/s1. The lowest BCUT2D eigenvalue weighted by Gasteiger charge is -2.11. The molecule has 0 aliphatic heterocycles. The molecule has 2 aromatic rings. The van der Waals surface area contributed by atoms with Crippen molar-refractivity contribution in [2.24, 2.45) is 0 Å². The van der Waals surface area contributed by atoms with Crippen molar-refractivity contribution >= 4 is 0 Å². The number of hydrogen-bond acceptors (Lipinski definition) is 1. The molecule has 0 aliphatic carbocycles.